The van der Waals surface area contributed by atoms with Crippen LogP contribution in [0.5, 0.6) is 11.5 Å². The van der Waals surface area contributed by atoms with E-state index in [4.69, 9.17) is 9.47 Å². The molecule has 1 N–H and O–H groups in total. The van der Waals surface area contributed by atoms with Crippen LogP contribution < -0.4 is 13.8 Å². The van der Waals surface area contributed by atoms with Crippen LogP contribution in [-0.2, 0) is 11.3 Å². The minimum Gasteiger partial charge on any atom is -0.493 e. The average Bonchev–Trinajstić information content (AvgIpc) is 2.49. The van der Waals surface area contributed by atoms with Crippen molar-refractivity contribution in [2.45, 2.75) is 6.92 Å². The fourth-order valence-corrected chi connectivity index (χ4v) is 2.56. The number of aryl methyl sites for hydroxylation is 1. The molecule has 2 rings (SSSR count). The summed E-state index contributed by atoms with van der Waals surface area (Å²) < 4.78 is 33.0. The van der Waals surface area contributed by atoms with Crippen LogP contribution in [0.3, 0.4) is 0 Å². The second-order valence-electron chi connectivity index (χ2n) is 4.40. The lowest BCUT2D eigenvalue weighted by molar-refractivity contribution is 0.355. The smallest absolute Gasteiger partial charge is 0.266 e. The molecule has 0 bridgehead atoms. The molecule has 0 aliphatic rings. The fourth-order valence-electron chi connectivity index (χ4n) is 1.96. The van der Waals surface area contributed by atoms with Crippen molar-refractivity contribution in [1.29, 1.82) is 0 Å². The zero-order valence-corrected chi connectivity index (χ0v) is 12.9. The highest BCUT2D eigenvalue weighted by molar-refractivity contribution is 7.81. The molecular formula is C15H17NO4S. The molecule has 0 saturated heterocycles. The molecule has 0 aliphatic heterocycles. The van der Waals surface area contributed by atoms with Crippen LogP contribution in [0, 0.1) is 6.92 Å². The van der Waals surface area contributed by atoms with E-state index in [0.717, 1.165) is 5.56 Å². The minimum absolute atomic E-state index is 0.498. The molecule has 0 aromatic heterocycles. The van der Waals surface area contributed by atoms with Crippen LogP contribution in [0.25, 0.3) is 0 Å². The Morgan fingerprint density at radius 3 is 2.05 bits per heavy atom. The fraction of sp³-hybridized carbons (Fsp3) is 0.200. The first kappa shape index (κ1) is 15.3. The van der Waals surface area contributed by atoms with Crippen molar-refractivity contribution in [3.8, 4) is 11.5 Å². The summed E-state index contributed by atoms with van der Waals surface area (Å²) in [5.41, 5.74) is 2.24. The topological polar surface area (TPSA) is 59.0 Å². The first-order valence-electron chi connectivity index (χ1n) is 6.26. The molecular weight excluding hydrogens is 290 g/mol. The van der Waals surface area contributed by atoms with E-state index in [1.165, 1.54) is 11.4 Å². The van der Waals surface area contributed by atoms with Crippen molar-refractivity contribution >= 4 is 22.6 Å². The van der Waals surface area contributed by atoms with E-state index in [9.17, 15) is 8.76 Å². The summed E-state index contributed by atoms with van der Waals surface area (Å²) in [5.74, 6) is 1.06. The molecule has 5 nitrogen and oxygen atoms in total. The van der Waals surface area contributed by atoms with E-state index < -0.39 is 11.3 Å². The van der Waals surface area contributed by atoms with E-state index >= 15 is 0 Å². The van der Waals surface area contributed by atoms with Crippen LogP contribution >= 0.6 is 0 Å². The van der Waals surface area contributed by atoms with Gasteiger partial charge in [0, 0.05) is 6.07 Å². The van der Waals surface area contributed by atoms with Crippen LogP contribution in [0.4, 0.5) is 11.4 Å². The number of ether oxygens (including phenoxy) is 2. The molecule has 0 radical (unpaired) electrons. The maximum atomic E-state index is 11.7. The maximum absolute atomic E-state index is 11.7. The van der Waals surface area contributed by atoms with Gasteiger partial charge in [-0.15, -0.1) is 0 Å². The van der Waals surface area contributed by atoms with Crippen LogP contribution in [0.2, 0.25) is 0 Å². The lowest BCUT2D eigenvalue weighted by atomic mass is 10.2. The molecule has 2 aromatic rings. The Kier molecular flexibility index (Phi) is 4.82. The van der Waals surface area contributed by atoms with E-state index in [0.29, 0.717) is 22.9 Å². The van der Waals surface area contributed by atoms with Gasteiger partial charge in [-0.1, -0.05) is 17.7 Å². The third-order valence-electron chi connectivity index (χ3n) is 3.03. The molecule has 0 aliphatic carbocycles. The highest BCUT2D eigenvalue weighted by atomic mass is 32.2. The zero-order chi connectivity index (χ0) is 15.4. The largest absolute Gasteiger partial charge is 0.493 e. The van der Waals surface area contributed by atoms with E-state index in [1.54, 1.807) is 37.4 Å². The SMILES string of the molecule is COc1ccc(N(c2ccc(C)cc2)S(=O)O)cc1OC. The summed E-state index contributed by atoms with van der Waals surface area (Å²) in [6.45, 7) is 1.96. The molecule has 1 unspecified atom stereocenters. The summed E-state index contributed by atoms with van der Waals surface area (Å²) in [4.78, 5) is 0. The van der Waals surface area contributed by atoms with Crippen molar-refractivity contribution in [1.82, 2.24) is 0 Å². The summed E-state index contributed by atoms with van der Waals surface area (Å²) in [6.07, 6.45) is 0. The molecule has 0 amide bonds. The third kappa shape index (κ3) is 3.34. The lowest BCUT2D eigenvalue weighted by Crippen LogP contribution is -2.19. The number of rotatable bonds is 5. The highest BCUT2D eigenvalue weighted by Crippen LogP contribution is 2.35. The molecule has 2 aromatic carbocycles. The summed E-state index contributed by atoms with van der Waals surface area (Å²) in [6, 6.07) is 12.4. The average molecular weight is 307 g/mol. The summed E-state index contributed by atoms with van der Waals surface area (Å²) in [5, 5.41) is 0. The van der Waals surface area contributed by atoms with Gasteiger partial charge in [-0.05, 0) is 31.2 Å². The van der Waals surface area contributed by atoms with Gasteiger partial charge in [-0.25, -0.2) is 8.51 Å². The Morgan fingerprint density at radius 1 is 0.952 bits per heavy atom. The molecule has 0 fully saturated rings. The van der Waals surface area contributed by atoms with Crippen molar-refractivity contribution < 1.29 is 18.2 Å². The van der Waals surface area contributed by atoms with Crippen LogP contribution in [0.1, 0.15) is 5.56 Å². The molecule has 6 heteroatoms. The number of benzene rings is 2. The molecule has 0 heterocycles. The highest BCUT2D eigenvalue weighted by Gasteiger charge is 2.17. The molecule has 0 saturated carbocycles. The number of anilines is 2. The van der Waals surface area contributed by atoms with Gasteiger partial charge >= 0.3 is 0 Å². The van der Waals surface area contributed by atoms with E-state index in [1.807, 2.05) is 19.1 Å². The summed E-state index contributed by atoms with van der Waals surface area (Å²) >= 11 is -2.19. The number of nitrogens with zero attached hydrogens (tertiary/aromatic N) is 1. The second-order valence-corrected chi connectivity index (χ2v) is 5.23. The van der Waals surface area contributed by atoms with Gasteiger partial charge in [0.05, 0.1) is 25.6 Å². The van der Waals surface area contributed by atoms with Gasteiger partial charge in [0.25, 0.3) is 11.3 Å². The zero-order valence-electron chi connectivity index (χ0n) is 12.1. The Hall–Kier alpha value is -2.05. The quantitative estimate of drug-likeness (QED) is 0.861. The molecule has 1 atom stereocenters. The van der Waals surface area contributed by atoms with Crippen molar-refractivity contribution in [2.24, 2.45) is 0 Å². The lowest BCUT2D eigenvalue weighted by Gasteiger charge is -2.21. The van der Waals surface area contributed by atoms with Crippen LogP contribution in [-0.4, -0.2) is 23.0 Å². The van der Waals surface area contributed by atoms with Gasteiger partial charge in [0.2, 0.25) is 0 Å². The van der Waals surface area contributed by atoms with Gasteiger partial charge in [0.15, 0.2) is 11.5 Å². The predicted octanol–water partition coefficient (Wildman–Crippen LogP) is 3.29. The van der Waals surface area contributed by atoms with Crippen LogP contribution in [0.15, 0.2) is 42.5 Å². The predicted molar refractivity (Wildman–Crippen MR) is 83.6 cm³/mol. The maximum Gasteiger partial charge on any atom is 0.266 e. The van der Waals surface area contributed by atoms with Gasteiger partial charge < -0.3 is 9.47 Å². The first-order chi connectivity index (χ1) is 10.1. The van der Waals surface area contributed by atoms with E-state index in [-0.39, 0.29) is 0 Å². The standard InChI is InChI=1S/C15H17NO4S/c1-11-4-6-12(7-5-11)16(21(17)18)13-8-9-14(19-2)15(10-13)20-3/h4-10H,1-3H3,(H,17,18). The molecule has 21 heavy (non-hydrogen) atoms. The van der Waals surface area contributed by atoms with Gasteiger partial charge in [-0.3, -0.25) is 4.55 Å². The van der Waals surface area contributed by atoms with Gasteiger partial charge in [0.1, 0.15) is 0 Å². The minimum atomic E-state index is -2.19. The Labute approximate surface area is 126 Å². The Balaban J connectivity index is 2.48. The normalized spacial score (nSPS) is 11.8. The second kappa shape index (κ2) is 6.60. The molecule has 0 spiro atoms. The number of hydrogen-bond acceptors (Lipinski definition) is 3. The Morgan fingerprint density at radius 2 is 1.52 bits per heavy atom. The first-order valence-corrected chi connectivity index (χ1v) is 7.33. The monoisotopic (exact) mass is 307 g/mol. The van der Waals surface area contributed by atoms with E-state index in [2.05, 4.69) is 0 Å². The number of hydrogen-bond donors (Lipinski definition) is 1. The molecule has 112 valence electrons. The third-order valence-corrected chi connectivity index (χ3v) is 3.76. The van der Waals surface area contributed by atoms with Crippen molar-refractivity contribution in [3.63, 3.8) is 0 Å². The van der Waals surface area contributed by atoms with Gasteiger partial charge in [-0.2, -0.15) is 0 Å². The Bertz CT molecular complexity index is 643. The van der Waals surface area contributed by atoms with Crippen molar-refractivity contribution in [2.75, 3.05) is 18.5 Å². The summed E-state index contributed by atoms with van der Waals surface area (Å²) in [7, 11) is 3.06. The number of methoxy groups -OCH3 is 2. The van der Waals surface area contributed by atoms with Crippen molar-refractivity contribution in [3.05, 3.63) is 48.0 Å².